The van der Waals surface area contributed by atoms with E-state index in [0.717, 1.165) is 11.6 Å². The molecule has 0 saturated heterocycles. The molecule has 0 atom stereocenters. The largest absolute Gasteiger partial charge is 0.493 e. The maximum atomic E-state index is 13.2. The van der Waals surface area contributed by atoms with Gasteiger partial charge in [0.2, 0.25) is 0 Å². The van der Waals surface area contributed by atoms with E-state index in [-0.39, 0.29) is 17.9 Å². The Morgan fingerprint density at radius 1 is 0.935 bits per heavy atom. The van der Waals surface area contributed by atoms with Crippen LogP contribution in [0.1, 0.15) is 34.0 Å². The molecule has 0 fully saturated rings. The Kier molecular flexibility index (Phi) is 6.84. The van der Waals surface area contributed by atoms with Crippen LogP contribution in [0.4, 0.5) is 18.9 Å². The lowest BCUT2D eigenvalue weighted by molar-refractivity contribution is -0.136. The normalized spacial score (nSPS) is 11.1. The first kappa shape index (κ1) is 22.2. The molecule has 1 amide bonds. The van der Waals surface area contributed by atoms with Gasteiger partial charge in [-0.3, -0.25) is 4.79 Å². The number of benzene rings is 3. The Labute approximate surface area is 178 Å². The summed E-state index contributed by atoms with van der Waals surface area (Å²) in [6.45, 7) is 4.31. The van der Waals surface area contributed by atoms with E-state index in [1.165, 1.54) is 24.3 Å². The van der Waals surface area contributed by atoms with E-state index in [2.05, 4.69) is 5.32 Å². The fourth-order valence-corrected chi connectivity index (χ4v) is 3.04. The van der Waals surface area contributed by atoms with Crippen LogP contribution in [0.15, 0.2) is 66.7 Å². The highest BCUT2D eigenvalue weighted by Gasteiger charge is 2.33. The molecular weight excluding hydrogens is 407 g/mol. The molecule has 0 aliphatic rings. The van der Waals surface area contributed by atoms with Crippen molar-refractivity contribution in [3.8, 4) is 11.5 Å². The highest BCUT2D eigenvalue weighted by molar-refractivity contribution is 6.05. The number of rotatable bonds is 7. The molecule has 0 unspecified atom stereocenters. The van der Waals surface area contributed by atoms with Gasteiger partial charge in [-0.2, -0.15) is 13.2 Å². The fourth-order valence-electron chi connectivity index (χ4n) is 3.04. The molecule has 1 N–H and O–H groups in total. The first-order chi connectivity index (χ1) is 14.8. The molecule has 0 saturated carbocycles. The Morgan fingerprint density at radius 2 is 1.65 bits per heavy atom. The number of carbonyl (C=O) groups excluding carboxylic acids is 1. The molecule has 0 spiro atoms. The number of nitrogens with one attached hydrogen (secondary N) is 1. The molecule has 162 valence electrons. The van der Waals surface area contributed by atoms with Crippen LogP contribution < -0.4 is 14.8 Å². The van der Waals surface area contributed by atoms with Crippen LogP contribution in [-0.2, 0) is 12.8 Å². The standard InChI is InChI=1S/C24H22F3NO3/c1-3-30-22-13-12-17(14-18(22)15-31-21-11-7-4-8-16(21)2)23(29)28-20-10-6-5-9-19(20)24(25,26)27/h4-14H,3,15H2,1-2H3,(H,28,29). The van der Waals surface area contributed by atoms with Crippen molar-refractivity contribution in [2.24, 2.45) is 0 Å². The van der Waals surface area contributed by atoms with Crippen LogP contribution in [0.5, 0.6) is 11.5 Å². The highest BCUT2D eigenvalue weighted by atomic mass is 19.4. The quantitative estimate of drug-likeness (QED) is 0.483. The number of aryl methyl sites for hydroxylation is 1. The molecule has 0 heterocycles. The zero-order chi connectivity index (χ0) is 22.4. The predicted molar refractivity (Wildman–Crippen MR) is 113 cm³/mol. The number of hydrogen-bond donors (Lipinski definition) is 1. The Hall–Kier alpha value is -3.48. The summed E-state index contributed by atoms with van der Waals surface area (Å²) in [5.41, 5.74) is 0.563. The van der Waals surface area contributed by atoms with Gasteiger partial charge >= 0.3 is 6.18 Å². The SMILES string of the molecule is CCOc1ccc(C(=O)Nc2ccccc2C(F)(F)F)cc1COc1ccccc1C. The molecule has 0 bridgehead atoms. The lowest BCUT2D eigenvalue weighted by Gasteiger charge is -2.16. The van der Waals surface area contributed by atoms with E-state index in [9.17, 15) is 18.0 Å². The number of para-hydroxylation sites is 2. The van der Waals surface area contributed by atoms with Gasteiger partial charge in [0.25, 0.3) is 5.91 Å². The Balaban J connectivity index is 1.84. The number of alkyl halides is 3. The zero-order valence-corrected chi connectivity index (χ0v) is 17.1. The van der Waals surface area contributed by atoms with E-state index in [1.807, 2.05) is 38.1 Å². The molecular formula is C24H22F3NO3. The average molecular weight is 429 g/mol. The minimum absolute atomic E-state index is 0.139. The van der Waals surface area contributed by atoms with Crippen molar-refractivity contribution in [1.29, 1.82) is 0 Å². The van der Waals surface area contributed by atoms with E-state index >= 15 is 0 Å². The molecule has 7 heteroatoms. The van der Waals surface area contributed by atoms with Crippen molar-refractivity contribution in [2.75, 3.05) is 11.9 Å². The summed E-state index contributed by atoms with van der Waals surface area (Å²) in [5.74, 6) is 0.583. The van der Waals surface area contributed by atoms with Crippen LogP contribution in [0, 0.1) is 6.92 Å². The second kappa shape index (κ2) is 9.55. The van der Waals surface area contributed by atoms with Crippen molar-refractivity contribution in [3.63, 3.8) is 0 Å². The van der Waals surface area contributed by atoms with Crippen molar-refractivity contribution < 1.29 is 27.4 Å². The summed E-state index contributed by atoms with van der Waals surface area (Å²) < 4.78 is 51.1. The van der Waals surface area contributed by atoms with Crippen molar-refractivity contribution in [2.45, 2.75) is 26.6 Å². The van der Waals surface area contributed by atoms with Gasteiger partial charge in [0.1, 0.15) is 18.1 Å². The number of amides is 1. The number of anilines is 1. The summed E-state index contributed by atoms with van der Waals surface area (Å²) in [4.78, 5) is 12.7. The van der Waals surface area contributed by atoms with Crippen LogP contribution in [0.3, 0.4) is 0 Å². The predicted octanol–water partition coefficient (Wildman–Crippen LogP) is 6.24. The van der Waals surface area contributed by atoms with Crippen LogP contribution >= 0.6 is 0 Å². The molecule has 31 heavy (non-hydrogen) atoms. The topological polar surface area (TPSA) is 47.6 Å². The number of carbonyl (C=O) groups is 1. The number of hydrogen-bond acceptors (Lipinski definition) is 3. The zero-order valence-electron chi connectivity index (χ0n) is 17.1. The molecule has 3 aromatic rings. The first-order valence-corrected chi connectivity index (χ1v) is 9.71. The lowest BCUT2D eigenvalue weighted by atomic mass is 10.1. The minimum Gasteiger partial charge on any atom is -0.493 e. The van der Waals surface area contributed by atoms with Crippen LogP contribution in [0.2, 0.25) is 0 Å². The van der Waals surface area contributed by atoms with Gasteiger partial charge in [-0.25, -0.2) is 0 Å². The summed E-state index contributed by atoms with van der Waals surface area (Å²) in [5, 5.41) is 2.35. The summed E-state index contributed by atoms with van der Waals surface area (Å²) in [6.07, 6.45) is -4.57. The maximum Gasteiger partial charge on any atom is 0.418 e. The number of halogens is 3. The summed E-state index contributed by atoms with van der Waals surface area (Å²) in [6, 6.07) is 17.0. The molecule has 0 radical (unpaired) electrons. The van der Waals surface area contributed by atoms with Gasteiger partial charge in [0.15, 0.2) is 0 Å². The van der Waals surface area contributed by atoms with Crippen molar-refractivity contribution in [1.82, 2.24) is 0 Å². The van der Waals surface area contributed by atoms with Gasteiger partial charge in [0.05, 0.1) is 17.9 Å². The fraction of sp³-hybridized carbons (Fsp3) is 0.208. The molecule has 3 rings (SSSR count). The van der Waals surface area contributed by atoms with E-state index in [4.69, 9.17) is 9.47 Å². The minimum atomic E-state index is -4.57. The van der Waals surface area contributed by atoms with E-state index in [1.54, 1.807) is 12.1 Å². The van der Waals surface area contributed by atoms with Crippen LogP contribution in [0.25, 0.3) is 0 Å². The number of ether oxygens (including phenoxy) is 2. The Morgan fingerprint density at radius 3 is 2.35 bits per heavy atom. The third-order valence-electron chi connectivity index (χ3n) is 4.58. The second-order valence-corrected chi connectivity index (χ2v) is 6.81. The smallest absolute Gasteiger partial charge is 0.418 e. The summed E-state index contributed by atoms with van der Waals surface area (Å²) in [7, 11) is 0. The molecule has 0 aliphatic heterocycles. The molecule has 0 aromatic heterocycles. The van der Waals surface area contributed by atoms with Gasteiger partial charge in [-0.15, -0.1) is 0 Å². The highest BCUT2D eigenvalue weighted by Crippen LogP contribution is 2.35. The van der Waals surface area contributed by atoms with E-state index < -0.39 is 17.6 Å². The monoisotopic (exact) mass is 429 g/mol. The lowest BCUT2D eigenvalue weighted by Crippen LogP contribution is -2.17. The van der Waals surface area contributed by atoms with Gasteiger partial charge in [-0.05, 0) is 55.8 Å². The second-order valence-electron chi connectivity index (χ2n) is 6.81. The average Bonchev–Trinajstić information content (AvgIpc) is 2.74. The van der Waals surface area contributed by atoms with Gasteiger partial charge in [0, 0.05) is 11.1 Å². The maximum absolute atomic E-state index is 13.2. The van der Waals surface area contributed by atoms with Crippen LogP contribution in [-0.4, -0.2) is 12.5 Å². The molecule has 0 aliphatic carbocycles. The third kappa shape index (κ3) is 5.57. The van der Waals surface area contributed by atoms with Gasteiger partial charge < -0.3 is 14.8 Å². The first-order valence-electron chi connectivity index (χ1n) is 9.71. The summed E-state index contributed by atoms with van der Waals surface area (Å²) >= 11 is 0. The third-order valence-corrected chi connectivity index (χ3v) is 4.58. The van der Waals surface area contributed by atoms with Gasteiger partial charge in [-0.1, -0.05) is 30.3 Å². The van der Waals surface area contributed by atoms with Crippen molar-refractivity contribution in [3.05, 3.63) is 89.0 Å². The molecule has 4 nitrogen and oxygen atoms in total. The van der Waals surface area contributed by atoms with Crippen molar-refractivity contribution >= 4 is 11.6 Å². The van der Waals surface area contributed by atoms with E-state index in [0.29, 0.717) is 23.7 Å². The molecule has 3 aromatic carbocycles. The Bertz CT molecular complexity index is 1060.